The molecule has 1 fully saturated rings. The van der Waals surface area contributed by atoms with Crippen molar-refractivity contribution in [3.63, 3.8) is 0 Å². The van der Waals surface area contributed by atoms with Crippen LogP contribution in [0.3, 0.4) is 0 Å². The van der Waals surface area contributed by atoms with Gasteiger partial charge >= 0.3 is 0 Å². The van der Waals surface area contributed by atoms with E-state index in [2.05, 4.69) is 10.6 Å². The molecule has 2 aliphatic rings. The van der Waals surface area contributed by atoms with Crippen molar-refractivity contribution in [2.24, 2.45) is 0 Å². The van der Waals surface area contributed by atoms with Crippen molar-refractivity contribution in [1.29, 1.82) is 0 Å². The highest BCUT2D eigenvalue weighted by Crippen LogP contribution is 2.21. The summed E-state index contributed by atoms with van der Waals surface area (Å²) >= 11 is 0. The zero-order chi connectivity index (χ0) is 20.4. The highest BCUT2D eigenvalue weighted by Gasteiger charge is 2.31. The Balaban J connectivity index is 1.37. The Kier molecular flexibility index (Phi) is 5.16. The Bertz CT molecular complexity index is 956. The summed E-state index contributed by atoms with van der Waals surface area (Å²) in [6.07, 6.45) is -0.120. The number of rotatable bonds is 3. The first-order chi connectivity index (χ1) is 14.0. The summed E-state index contributed by atoms with van der Waals surface area (Å²) in [5, 5.41) is 5.34. The summed E-state index contributed by atoms with van der Waals surface area (Å²) in [6.45, 7) is 1.86. The second-order valence-electron chi connectivity index (χ2n) is 7.08. The van der Waals surface area contributed by atoms with E-state index in [4.69, 9.17) is 0 Å². The number of hydrogen-bond donors (Lipinski definition) is 2. The minimum Gasteiger partial charge on any atom is -0.366 e. The van der Waals surface area contributed by atoms with Crippen LogP contribution in [0.2, 0.25) is 0 Å². The Morgan fingerprint density at radius 2 is 1.69 bits per heavy atom. The average molecular weight is 396 g/mol. The normalized spacial score (nSPS) is 19.1. The van der Waals surface area contributed by atoms with E-state index in [0.717, 1.165) is 0 Å². The number of fused-ring (bicyclic) bond motifs is 1. The lowest BCUT2D eigenvalue weighted by molar-refractivity contribution is -0.134. The SMILES string of the molecule is O=C1N[C@H](CC(=O)N2CCN(c3ccccc3F)CC2)C(=O)Nc2ccccc21. The van der Waals surface area contributed by atoms with E-state index in [1.165, 1.54) is 6.07 Å². The highest BCUT2D eigenvalue weighted by atomic mass is 19.1. The molecular formula is C21H21FN4O3. The molecule has 1 saturated heterocycles. The summed E-state index contributed by atoms with van der Waals surface area (Å²) in [6, 6.07) is 12.3. The predicted octanol–water partition coefficient (Wildman–Crippen LogP) is 1.62. The van der Waals surface area contributed by atoms with Crippen LogP contribution in [0.4, 0.5) is 15.8 Å². The first-order valence-corrected chi connectivity index (χ1v) is 9.51. The molecule has 0 unspecified atom stereocenters. The maximum Gasteiger partial charge on any atom is 0.254 e. The van der Waals surface area contributed by atoms with Gasteiger partial charge in [0.1, 0.15) is 11.9 Å². The summed E-state index contributed by atoms with van der Waals surface area (Å²) in [4.78, 5) is 41.1. The minimum absolute atomic E-state index is 0.120. The third kappa shape index (κ3) is 3.91. The van der Waals surface area contributed by atoms with Gasteiger partial charge in [0.15, 0.2) is 0 Å². The number of carbonyl (C=O) groups excluding carboxylic acids is 3. The van der Waals surface area contributed by atoms with Crippen LogP contribution < -0.4 is 15.5 Å². The molecule has 2 N–H and O–H groups in total. The molecule has 0 spiro atoms. The van der Waals surface area contributed by atoms with E-state index in [9.17, 15) is 18.8 Å². The van der Waals surface area contributed by atoms with Gasteiger partial charge in [-0.1, -0.05) is 24.3 Å². The van der Waals surface area contributed by atoms with E-state index < -0.39 is 11.9 Å². The first kappa shape index (κ1) is 18.9. The van der Waals surface area contributed by atoms with Crippen LogP contribution in [0.1, 0.15) is 16.8 Å². The lowest BCUT2D eigenvalue weighted by Gasteiger charge is -2.36. The van der Waals surface area contributed by atoms with Crippen LogP contribution in [0.15, 0.2) is 48.5 Å². The van der Waals surface area contributed by atoms with Gasteiger partial charge in [-0.05, 0) is 24.3 Å². The fourth-order valence-electron chi connectivity index (χ4n) is 3.66. The third-order valence-corrected chi connectivity index (χ3v) is 5.26. The van der Waals surface area contributed by atoms with Gasteiger partial charge < -0.3 is 20.4 Å². The van der Waals surface area contributed by atoms with Crippen LogP contribution in [0, 0.1) is 5.82 Å². The first-order valence-electron chi connectivity index (χ1n) is 9.51. The van der Waals surface area contributed by atoms with E-state index in [1.54, 1.807) is 47.4 Å². The van der Waals surface area contributed by atoms with Crippen molar-refractivity contribution in [2.45, 2.75) is 12.5 Å². The molecule has 8 heteroatoms. The number of hydrogen-bond acceptors (Lipinski definition) is 4. The minimum atomic E-state index is -0.938. The van der Waals surface area contributed by atoms with Crippen LogP contribution in [-0.4, -0.2) is 54.8 Å². The molecule has 2 aliphatic heterocycles. The lowest BCUT2D eigenvalue weighted by Crippen LogP contribution is -2.51. The van der Waals surface area contributed by atoms with Gasteiger partial charge in [-0.25, -0.2) is 4.39 Å². The summed E-state index contributed by atoms with van der Waals surface area (Å²) < 4.78 is 14.0. The maximum atomic E-state index is 14.0. The molecule has 2 aromatic carbocycles. The van der Waals surface area contributed by atoms with Gasteiger partial charge in [0.05, 0.1) is 23.4 Å². The zero-order valence-corrected chi connectivity index (χ0v) is 15.7. The number of piperazine rings is 1. The summed E-state index contributed by atoms with van der Waals surface area (Å²) in [5.41, 5.74) is 1.32. The van der Waals surface area contributed by atoms with E-state index in [-0.39, 0.29) is 24.1 Å². The Hall–Kier alpha value is -3.42. The van der Waals surface area contributed by atoms with Gasteiger partial charge in [0.25, 0.3) is 5.91 Å². The van der Waals surface area contributed by atoms with Gasteiger partial charge in [0.2, 0.25) is 11.8 Å². The average Bonchev–Trinajstić information content (AvgIpc) is 2.85. The van der Waals surface area contributed by atoms with Gasteiger partial charge in [-0.3, -0.25) is 14.4 Å². The molecule has 1 atom stereocenters. The van der Waals surface area contributed by atoms with Crippen molar-refractivity contribution in [3.05, 3.63) is 59.9 Å². The molecule has 0 bridgehead atoms. The molecule has 29 heavy (non-hydrogen) atoms. The Labute approximate surface area is 167 Å². The molecule has 2 aromatic rings. The molecule has 0 radical (unpaired) electrons. The highest BCUT2D eigenvalue weighted by molar-refractivity contribution is 6.10. The number of carbonyl (C=O) groups is 3. The molecule has 0 aliphatic carbocycles. The van der Waals surface area contributed by atoms with E-state index in [0.29, 0.717) is 43.1 Å². The lowest BCUT2D eigenvalue weighted by atomic mass is 10.1. The number of amides is 3. The number of benzene rings is 2. The molecule has 2 heterocycles. The smallest absolute Gasteiger partial charge is 0.254 e. The molecule has 0 aromatic heterocycles. The molecule has 3 amide bonds. The largest absolute Gasteiger partial charge is 0.366 e. The quantitative estimate of drug-likeness (QED) is 0.826. The van der Waals surface area contributed by atoms with Gasteiger partial charge in [-0.15, -0.1) is 0 Å². The summed E-state index contributed by atoms with van der Waals surface area (Å²) in [5.74, 6) is -1.31. The van der Waals surface area contributed by atoms with Crippen LogP contribution in [-0.2, 0) is 9.59 Å². The number of anilines is 2. The Morgan fingerprint density at radius 1 is 1.00 bits per heavy atom. The van der Waals surface area contributed by atoms with Crippen molar-refractivity contribution in [1.82, 2.24) is 10.2 Å². The van der Waals surface area contributed by atoms with Gasteiger partial charge in [0, 0.05) is 26.2 Å². The number of halogens is 1. The molecule has 0 saturated carbocycles. The van der Waals surface area contributed by atoms with Crippen molar-refractivity contribution in [3.8, 4) is 0 Å². The molecular weight excluding hydrogens is 375 g/mol. The number of nitrogens with one attached hydrogen (secondary N) is 2. The van der Waals surface area contributed by atoms with E-state index >= 15 is 0 Å². The molecule has 7 nitrogen and oxygen atoms in total. The number of nitrogens with zero attached hydrogens (tertiary/aromatic N) is 2. The van der Waals surface area contributed by atoms with Crippen molar-refractivity contribution < 1.29 is 18.8 Å². The molecule has 4 rings (SSSR count). The van der Waals surface area contributed by atoms with Crippen LogP contribution >= 0.6 is 0 Å². The topological polar surface area (TPSA) is 81.8 Å². The summed E-state index contributed by atoms with van der Waals surface area (Å²) in [7, 11) is 0. The zero-order valence-electron chi connectivity index (χ0n) is 15.7. The third-order valence-electron chi connectivity index (χ3n) is 5.26. The molecule has 150 valence electrons. The van der Waals surface area contributed by atoms with Gasteiger partial charge in [-0.2, -0.15) is 0 Å². The fourth-order valence-corrected chi connectivity index (χ4v) is 3.66. The van der Waals surface area contributed by atoms with E-state index in [1.807, 2.05) is 4.90 Å². The second-order valence-corrected chi connectivity index (χ2v) is 7.08. The maximum absolute atomic E-state index is 14.0. The monoisotopic (exact) mass is 396 g/mol. The van der Waals surface area contributed by atoms with Crippen molar-refractivity contribution >= 4 is 29.1 Å². The second kappa shape index (κ2) is 7.90. The fraction of sp³-hybridized carbons (Fsp3) is 0.286. The standard InChI is InChI=1S/C21H21FN4O3/c22-15-6-2-4-8-18(15)25-9-11-26(12-10-25)19(27)13-17-21(29)23-16-7-3-1-5-14(16)20(28)24-17/h1-8,17H,9-13H2,(H,23,29)(H,24,28)/t17-/m1/s1. The predicted molar refractivity (Wildman–Crippen MR) is 106 cm³/mol. The van der Waals surface area contributed by atoms with Crippen LogP contribution in [0.25, 0.3) is 0 Å². The number of para-hydroxylation sites is 2. The van der Waals surface area contributed by atoms with Crippen LogP contribution in [0.5, 0.6) is 0 Å². The Morgan fingerprint density at radius 3 is 2.45 bits per heavy atom. The van der Waals surface area contributed by atoms with Crippen molar-refractivity contribution in [2.75, 3.05) is 36.4 Å².